The fourth-order valence-corrected chi connectivity index (χ4v) is 2.36. The monoisotopic (exact) mass is 315 g/mol. The Bertz CT molecular complexity index is 693. The highest BCUT2D eigenvalue weighted by Gasteiger charge is 2.19. The summed E-state index contributed by atoms with van der Waals surface area (Å²) in [6, 6.07) is 8.09. The molecule has 0 unspecified atom stereocenters. The Morgan fingerprint density at radius 2 is 1.96 bits per heavy atom. The van der Waals surface area contributed by atoms with Crippen molar-refractivity contribution in [1.29, 1.82) is 0 Å². The van der Waals surface area contributed by atoms with E-state index in [1.165, 1.54) is 12.8 Å². The van der Waals surface area contributed by atoms with Gasteiger partial charge in [-0.3, -0.25) is 14.7 Å². The average Bonchev–Trinajstić information content (AvgIpc) is 3.28. The third kappa shape index (κ3) is 4.29. The molecule has 7 heteroatoms. The fraction of sp³-hybridized carbons (Fsp3) is 0.438. The minimum atomic E-state index is -0.273. The van der Waals surface area contributed by atoms with E-state index in [-0.39, 0.29) is 18.2 Å². The van der Waals surface area contributed by atoms with E-state index in [9.17, 15) is 9.59 Å². The zero-order valence-corrected chi connectivity index (χ0v) is 12.9. The zero-order valence-electron chi connectivity index (χ0n) is 12.9. The van der Waals surface area contributed by atoms with Crippen LogP contribution in [-0.2, 0) is 4.79 Å². The van der Waals surface area contributed by atoms with Gasteiger partial charge in [-0.05, 0) is 18.9 Å². The summed E-state index contributed by atoms with van der Waals surface area (Å²) in [6.07, 6.45) is 2.74. The van der Waals surface area contributed by atoms with E-state index < -0.39 is 0 Å². The van der Waals surface area contributed by atoms with Gasteiger partial charge in [0.05, 0.1) is 5.52 Å². The molecule has 1 aromatic carbocycles. The molecule has 0 radical (unpaired) electrons. The molecule has 7 nitrogen and oxygen atoms in total. The van der Waals surface area contributed by atoms with Crippen LogP contribution in [0.1, 0.15) is 29.8 Å². The molecule has 1 heterocycles. The summed E-state index contributed by atoms with van der Waals surface area (Å²) in [5.41, 5.74) is 1.17. The molecule has 1 aromatic heterocycles. The number of benzene rings is 1. The maximum Gasteiger partial charge on any atom is 0.272 e. The fourth-order valence-electron chi connectivity index (χ4n) is 2.36. The number of carbonyl (C=O) groups is 2. The standard InChI is InChI=1S/C16H21N5O2/c22-14(18-10-9-17-11-5-6-11)7-8-19-16(23)15-12-3-1-2-4-13(12)20-21-15/h1-4,11,17H,5-10H2,(H,18,22)(H,19,23)(H,20,21). The maximum atomic E-state index is 12.1. The van der Waals surface area contributed by atoms with Crippen molar-refractivity contribution in [3.05, 3.63) is 30.0 Å². The molecule has 2 amide bonds. The highest BCUT2D eigenvalue weighted by molar-refractivity contribution is 6.04. The predicted molar refractivity (Wildman–Crippen MR) is 87.1 cm³/mol. The molecule has 122 valence electrons. The Morgan fingerprint density at radius 1 is 1.13 bits per heavy atom. The van der Waals surface area contributed by atoms with Crippen LogP contribution in [0.15, 0.2) is 24.3 Å². The molecule has 23 heavy (non-hydrogen) atoms. The molecule has 1 fully saturated rings. The molecule has 4 N–H and O–H groups in total. The van der Waals surface area contributed by atoms with Crippen molar-refractivity contribution in [3.63, 3.8) is 0 Å². The number of hydrogen-bond donors (Lipinski definition) is 4. The normalized spacial score (nSPS) is 13.9. The van der Waals surface area contributed by atoms with Crippen LogP contribution in [0.25, 0.3) is 10.9 Å². The second-order valence-corrected chi connectivity index (χ2v) is 5.70. The Kier molecular flexibility index (Phi) is 4.87. The zero-order chi connectivity index (χ0) is 16.1. The van der Waals surface area contributed by atoms with Gasteiger partial charge < -0.3 is 16.0 Å². The van der Waals surface area contributed by atoms with Crippen molar-refractivity contribution >= 4 is 22.7 Å². The number of para-hydroxylation sites is 1. The van der Waals surface area contributed by atoms with Crippen LogP contribution in [0.5, 0.6) is 0 Å². The largest absolute Gasteiger partial charge is 0.355 e. The molecule has 0 atom stereocenters. The SMILES string of the molecule is O=C(CCNC(=O)c1n[nH]c2ccccc12)NCCNC1CC1. The van der Waals surface area contributed by atoms with Gasteiger partial charge in [-0.25, -0.2) is 0 Å². The van der Waals surface area contributed by atoms with Crippen LogP contribution in [0.4, 0.5) is 0 Å². The maximum absolute atomic E-state index is 12.1. The van der Waals surface area contributed by atoms with E-state index in [2.05, 4.69) is 26.1 Å². The van der Waals surface area contributed by atoms with Crippen LogP contribution >= 0.6 is 0 Å². The molecule has 0 aliphatic heterocycles. The van der Waals surface area contributed by atoms with E-state index >= 15 is 0 Å². The van der Waals surface area contributed by atoms with Crippen LogP contribution in [0.3, 0.4) is 0 Å². The van der Waals surface area contributed by atoms with Gasteiger partial charge in [-0.2, -0.15) is 5.10 Å². The molecular formula is C16H21N5O2. The van der Waals surface area contributed by atoms with Crippen molar-refractivity contribution in [3.8, 4) is 0 Å². The number of H-pyrrole nitrogens is 1. The molecule has 0 spiro atoms. The van der Waals surface area contributed by atoms with Gasteiger partial charge in [0.15, 0.2) is 5.69 Å². The van der Waals surface area contributed by atoms with Gasteiger partial charge in [0.2, 0.25) is 5.91 Å². The van der Waals surface area contributed by atoms with Gasteiger partial charge in [0.1, 0.15) is 0 Å². The molecule has 1 aliphatic rings. The highest BCUT2D eigenvalue weighted by atomic mass is 16.2. The number of nitrogens with one attached hydrogen (secondary N) is 4. The Morgan fingerprint density at radius 3 is 2.78 bits per heavy atom. The summed E-state index contributed by atoms with van der Waals surface area (Å²) >= 11 is 0. The first-order valence-corrected chi connectivity index (χ1v) is 7.95. The predicted octanol–water partition coefficient (Wildman–Crippen LogP) is 0.551. The van der Waals surface area contributed by atoms with Gasteiger partial charge in [-0.1, -0.05) is 18.2 Å². The number of hydrogen-bond acceptors (Lipinski definition) is 4. The topological polar surface area (TPSA) is 98.9 Å². The quantitative estimate of drug-likeness (QED) is 0.535. The first-order valence-electron chi connectivity index (χ1n) is 7.95. The first kappa shape index (κ1) is 15.5. The van der Waals surface area contributed by atoms with E-state index in [0.717, 1.165) is 17.4 Å². The van der Waals surface area contributed by atoms with Gasteiger partial charge in [0.25, 0.3) is 5.91 Å². The number of amides is 2. The summed E-state index contributed by atoms with van der Waals surface area (Å²) in [5, 5.41) is 16.5. The van der Waals surface area contributed by atoms with E-state index in [4.69, 9.17) is 0 Å². The summed E-state index contributed by atoms with van der Waals surface area (Å²) in [5.74, 6) is -0.333. The van der Waals surface area contributed by atoms with Crippen molar-refractivity contribution in [2.75, 3.05) is 19.6 Å². The van der Waals surface area contributed by atoms with Crippen molar-refractivity contribution in [2.24, 2.45) is 0 Å². The second kappa shape index (κ2) is 7.23. The van der Waals surface area contributed by atoms with Gasteiger partial charge >= 0.3 is 0 Å². The number of carbonyl (C=O) groups excluding carboxylic acids is 2. The number of rotatable bonds is 8. The van der Waals surface area contributed by atoms with Crippen LogP contribution in [-0.4, -0.2) is 47.7 Å². The average molecular weight is 315 g/mol. The van der Waals surface area contributed by atoms with Crippen LogP contribution < -0.4 is 16.0 Å². The number of aromatic amines is 1. The third-order valence-corrected chi connectivity index (χ3v) is 3.78. The minimum absolute atomic E-state index is 0.0604. The number of nitrogens with zero attached hydrogens (tertiary/aromatic N) is 1. The molecule has 1 saturated carbocycles. The molecule has 0 bridgehead atoms. The van der Waals surface area contributed by atoms with E-state index in [1.807, 2.05) is 24.3 Å². The first-order chi connectivity index (χ1) is 11.2. The summed E-state index contributed by atoms with van der Waals surface area (Å²) in [4.78, 5) is 23.8. The molecule has 0 saturated heterocycles. The highest BCUT2D eigenvalue weighted by Crippen LogP contribution is 2.17. The van der Waals surface area contributed by atoms with Crippen molar-refractivity contribution in [2.45, 2.75) is 25.3 Å². The van der Waals surface area contributed by atoms with Crippen LogP contribution in [0, 0.1) is 0 Å². The van der Waals surface area contributed by atoms with E-state index in [1.54, 1.807) is 0 Å². The lowest BCUT2D eigenvalue weighted by molar-refractivity contribution is -0.120. The molecular weight excluding hydrogens is 294 g/mol. The minimum Gasteiger partial charge on any atom is -0.355 e. The smallest absolute Gasteiger partial charge is 0.272 e. The van der Waals surface area contributed by atoms with Crippen molar-refractivity contribution in [1.82, 2.24) is 26.1 Å². The summed E-state index contributed by atoms with van der Waals surface area (Å²) < 4.78 is 0. The Labute approximate surface area is 134 Å². The Balaban J connectivity index is 1.37. The van der Waals surface area contributed by atoms with Crippen LogP contribution in [0.2, 0.25) is 0 Å². The van der Waals surface area contributed by atoms with Crippen molar-refractivity contribution < 1.29 is 9.59 Å². The lowest BCUT2D eigenvalue weighted by atomic mass is 10.2. The second-order valence-electron chi connectivity index (χ2n) is 5.70. The molecule has 3 rings (SSSR count). The van der Waals surface area contributed by atoms with Gasteiger partial charge in [0, 0.05) is 37.5 Å². The molecule has 2 aromatic rings. The third-order valence-electron chi connectivity index (χ3n) is 3.78. The summed E-state index contributed by atoms with van der Waals surface area (Å²) in [7, 11) is 0. The van der Waals surface area contributed by atoms with E-state index in [0.29, 0.717) is 24.8 Å². The number of aromatic nitrogens is 2. The number of fused-ring (bicyclic) bond motifs is 1. The summed E-state index contributed by atoms with van der Waals surface area (Å²) in [6.45, 7) is 1.71. The Hall–Kier alpha value is -2.41. The lowest BCUT2D eigenvalue weighted by Crippen LogP contribution is -2.35. The molecule has 1 aliphatic carbocycles. The van der Waals surface area contributed by atoms with Gasteiger partial charge in [-0.15, -0.1) is 0 Å². The lowest BCUT2D eigenvalue weighted by Gasteiger charge is -2.06.